The summed E-state index contributed by atoms with van der Waals surface area (Å²) in [4.78, 5) is 15.5. The molecule has 1 fully saturated rings. The van der Waals surface area contributed by atoms with Gasteiger partial charge in [-0.1, -0.05) is 30.3 Å². The second-order valence-electron chi connectivity index (χ2n) is 10.2. The molecule has 1 N–H and O–H groups in total. The highest BCUT2D eigenvalue weighted by Crippen LogP contribution is 2.36. The van der Waals surface area contributed by atoms with E-state index < -0.39 is 56.6 Å². The molecule has 0 atom stereocenters. The third-order valence-corrected chi connectivity index (χ3v) is 8.56. The molecule has 1 aliphatic heterocycles. The van der Waals surface area contributed by atoms with Crippen molar-refractivity contribution in [2.45, 2.75) is 31.5 Å². The van der Waals surface area contributed by atoms with Crippen LogP contribution in [0.3, 0.4) is 0 Å². The fraction of sp³-hybridized carbons (Fsp3) is 0.276. The van der Waals surface area contributed by atoms with Crippen LogP contribution >= 0.6 is 0 Å². The first-order valence-electron chi connectivity index (χ1n) is 13.2. The van der Waals surface area contributed by atoms with Crippen molar-refractivity contribution in [1.82, 2.24) is 19.1 Å². The lowest BCUT2D eigenvalue weighted by Gasteiger charge is -2.30. The number of pyridine rings is 1. The molecule has 1 aliphatic rings. The van der Waals surface area contributed by atoms with Gasteiger partial charge in [0.1, 0.15) is 18.0 Å². The monoisotopic (exact) mass is 636 g/mol. The highest BCUT2D eigenvalue weighted by molar-refractivity contribution is 7.88. The number of carboxylic acid groups (broad SMARTS) is 1. The van der Waals surface area contributed by atoms with Gasteiger partial charge in [-0.3, -0.25) is 0 Å². The van der Waals surface area contributed by atoms with E-state index in [2.05, 4.69) is 10.1 Å². The maximum Gasteiger partial charge on any atom is 0.434 e. The molecule has 232 valence electrons. The molecule has 15 heteroatoms. The molecular formula is C29H25F5N4O5S. The largest absolute Gasteiger partial charge is 0.485 e. The Morgan fingerprint density at radius 2 is 1.75 bits per heavy atom. The van der Waals surface area contributed by atoms with E-state index in [9.17, 15) is 40.3 Å². The van der Waals surface area contributed by atoms with Crippen molar-refractivity contribution in [3.63, 3.8) is 0 Å². The van der Waals surface area contributed by atoms with Crippen molar-refractivity contribution in [3.05, 3.63) is 94.8 Å². The van der Waals surface area contributed by atoms with Crippen LogP contribution in [0, 0.1) is 11.6 Å². The summed E-state index contributed by atoms with van der Waals surface area (Å²) in [5, 5.41) is 12.7. The zero-order valence-electron chi connectivity index (χ0n) is 23.1. The van der Waals surface area contributed by atoms with Crippen LogP contribution in [0.5, 0.6) is 5.75 Å². The predicted octanol–water partition coefficient (Wildman–Crippen LogP) is 5.65. The van der Waals surface area contributed by atoms with Gasteiger partial charge in [-0.2, -0.15) is 18.3 Å². The Morgan fingerprint density at radius 3 is 2.36 bits per heavy atom. The van der Waals surface area contributed by atoms with Crippen LogP contribution in [0.4, 0.5) is 22.0 Å². The predicted molar refractivity (Wildman–Crippen MR) is 148 cm³/mol. The van der Waals surface area contributed by atoms with E-state index in [0.29, 0.717) is 48.4 Å². The fourth-order valence-corrected chi connectivity index (χ4v) is 5.98. The maximum atomic E-state index is 15.0. The number of benzene rings is 2. The lowest BCUT2D eigenvalue weighted by Crippen LogP contribution is -2.37. The molecule has 3 heterocycles. The van der Waals surface area contributed by atoms with Gasteiger partial charge in [0.2, 0.25) is 10.0 Å². The molecule has 44 heavy (non-hydrogen) atoms. The summed E-state index contributed by atoms with van der Waals surface area (Å²) in [6.45, 7) is 0.713. The number of carboxylic acids is 1. The summed E-state index contributed by atoms with van der Waals surface area (Å²) < 4.78 is 102. The smallest absolute Gasteiger partial charge is 0.434 e. The van der Waals surface area contributed by atoms with E-state index in [4.69, 9.17) is 4.74 Å². The van der Waals surface area contributed by atoms with Gasteiger partial charge >= 0.3 is 12.1 Å². The van der Waals surface area contributed by atoms with Crippen molar-refractivity contribution >= 4 is 16.0 Å². The van der Waals surface area contributed by atoms with Gasteiger partial charge in [0, 0.05) is 24.7 Å². The van der Waals surface area contributed by atoms with Crippen LogP contribution in [-0.2, 0) is 22.8 Å². The van der Waals surface area contributed by atoms with Gasteiger partial charge in [0.25, 0.3) is 0 Å². The summed E-state index contributed by atoms with van der Waals surface area (Å²) in [6, 6.07) is 12.6. The van der Waals surface area contributed by atoms with E-state index in [1.54, 1.807) is 12.1 Å². The van der Waals surface area contributed by atoms with E-state index in [1.807, 2.05) is 12.1 Å². The van der Waals surface area contributed by atoms with Crippen LogP contribution in [0.1, 0.15) is 45.9 Å². The zero-order chi connectivity index (χ0) is 31.8. The van der Waals surface area contributed by atoms with E-state index in [-0.39, 0.29) is 23.8 Å². The first-order chi connectivity index (χ1) is 20.7. The highest BCUT2D eigenvalue weighted by atomic mass is 32.2. The summed E-state index contributed by atoms with van der Waals surface area (Å²) >= 11 is 0. The molecule has 4 aromatic rings. The third kappa shape index (κ3) is 6.58. The van der Waals surface area contributed by atoms with Crippen LogP contribution in [0.2, 0.25) is 0 Å². The number of aromatic carboxylic acids is 1. The van der Waals surface area contributed by atoms with Gasteiger partial charge in [-0.25, -0.2) is 36.0 Å². The third-order valence-electron chi connectivity index (χ3n) is 7.26. The van der Waals surface area contributed by atoms with E-state index >= 15 is 0 Å². The average molecular weight is 637 g/mol. The molecule has 0 bridgehead atoms. The first kappa shape index (κ1) is 31.1. The number of aromatic nitrogens is 3. The Balaban J connectivity index is 1.38. The second-order valence-corrected chi connectivity index (χ2v) is 12.2. The second kappa shape index (κ2) is 12.0. The molecule has 1 saturated heterocycles. The van der Waals surface area contributed by atoms with Gasteiger partial charge in [0.05, 0.1) is 18.1 Å². The number of ether oxygens (including phenoxy) is 1. The van der Waals surface area contributed by atoms with Gasteiger partial charge < -0.3 is 9.84 Å². The first-order valence-corrected chi connectivity index (χ1v) is 15.1. The zero-order valence-corrected chi connectivity index (χ0v) is 23.9. The molecule has 5 rings (SSSR count). The Kier molecular flexibility index (Phi) is 8.44. The minimum Gasteiger partial charge on any atom is -0.485 e. The minimum absolute atomic E-state index is 0.138. The summed E-state index contributed by atoms with van der Waals surface area (Å²) in [5.74, 6) is -4.54. The molecule has 0 amide bonds. The van der Waals surface area contributed by atoms with E-state index in [1.165, 1.54) is 22.7 Å². The lowest BCUT2D eigenvalue weighted by molar-refractivity contribution is -0.143. The molecule has 2 aromatic heterocycles. The van der Waals surface area contributed by atoms with E-state index in [0.717, 1.165) is 17.7 Å². The molecule has 0 aliphatic carbocycles. The molecule has 0 saturated carbocycles. The van der Waals surface area contributed by atoms with Crippen LogP contribution in [0.15, 0.2) is 60.8 Å². The Morgan fingerprint density at radius 1 is 1.07 bits per heavy atom. The summed E-state index contributed by atoms with van der Waals surface area (Å²) in [6.07, 6.45) is -2.03. The Bertz CT molecular complexity index is 1800. The lowest BCUT2D eigenvalue weighted by atomic mass is 9.90. The van der Waals surface area contributed by atoms with Crippen LogP contribution in [-0.4, -0.2) is 57.9 Å². The van der Waals surface area contributed by atoms with Gasteiger partial charge in [-0.05, 0) is 48.1 Å². The number of nitrogens with zero attached hydrogens (tertiary/aromatic N) is 4. The van der Waals surface area contributed by atoms with Crippen molar-refractivity contribution < 1.29 is 45.0 Å². The number of halogens is 5. The Hall–Kier alpha value is -4.37. The standard InChI is InChI=1S/C29H25F5N4O5S/c1-44(41,42)37-11-9-19(10-12-37)18-7-5-17(6-8-18)16-43-26-21(13-20(30)14-23(26)31)24-3-2-4-25(36-24)38-27(29(32,33)34)22(15-35-38)28(39)40/h2-8,13-15,19H,9-12,16H2,1H3,(H,39,40). The molecule has 2 aromatic carbocycles. The van der Waals surface area contributed by atoms with Gasteiger partial charge in [0.15, 0.2) is 23.1 Å². The SMILES string of the molecule is CS(=O)(=O)N1CCC(c2ccc(COc3c(F)cc(F)cc3-c3cccc(-n4ncc(C(=O)O)c4C(F)(F)F)n3)cc2)CC1. The number of alkyl halides is 3. The molecule has 9 nitrogen and oxygen atoms in total. The molecular weight excluding hydrogens is 611 g/mol. The average Bonchev–Trinajstić information content (AvgIpc) is 3.43. The summed E-state index contributed by atoms with van der Waals surface area (Å²) in [7, 11) is -3.24. The maximum absolute atomic E-state index is 15.0. The van der Waals surface area contributed by atoms with Crippen molar-refractivity contribution in [3.8, 4) is 22.8 Å². The quantitative estimate of drug-likeness (QED) is 0.249. The minimum atomic E-state index is -5.09. The van der Waals surface area contributed by atoms with Gasteiger partial charge in [-0.15, -0.1) is 0 Å². The number of hydrogen-bond donors (Lipinski definition) is 1. The summed E-state index contributed by atoms with van der Waals surface area (Å²) in [5.41, 5.74) is -1.33. The molecule has 0 radical (unpaired) electrons. The number of hydrogen-bond acceptors (Lipinski definition) is 6. The number of carbonyl (C=O) groups is 1. The number of rotatable bonds is 8. The van der Waals surface area contributed by atoms with Crippen LogP contribution < -0.4 is 4.74 Å². The normalized spacial score (nSPS) is 15.0. The number of piperidine rings is 1. The fourth-order valence-electron chi connectivity index (χ4n) is 5.10. The van der Waals surface area contributed by atoms with Crippen molar-refractivity contribution in [2.75, 3.05) is 19.3 Å². The van der Waals surface area contributed by atoms with Crippen molar-refractivity contribution in [1.29, 1.82) is 0 Å². The topological polar surface area (TPSA) is 115 Å². The molecule has 0 unspecified atom stereocenters. The Labute approximate surface area is 248 Å². The molecule has 0 spiro atoms. The number of sulfonamides is 1. The van der Waals surface area contributed by atoms with Crippen molar-refractivity contribution in [2.24, 2.45) is 0 Å². The highest BCUT2D eigenvalue weighted by Gasteiger charge is 2.41. The van der Waals surface area contributed by atoms with Crippen LogP contribution in [0.25, 0.3) is 17.1 Å².